The van der Waals surface area contributed by atoms with Crippen LogP contribution in [0.3, 0.4) is 0 Å². The van der Waals surface area contributed by atoms with E-state index in [0.717, 1.165) is 18.4 Å². The minimum atomic E-state index is -0.737. The van der Waals surface area contributed by atoms with Crippen LogP contribution in [0, 0.1) is 5.92 Å². The number of benzene rings is 1. The Hall–Kier alpha value is -1.88. The van der Waals surface area contributed by atoms with Crippen LogP contribution in [0.5, 0.6) is 0 Å². The Morgan fingerprint density at radius 2 is 1.79 bits per heavy atom. The Morgan fingerprint density at radius 1 is 1.21 bits per heavy atom. The number of carbonyl (C=O) groups is 2. The Balaban J connectivity index is 1.76. The molecule has 5 heteroatoms. The second-order valence-corrected chi connectivity index (χ2v) is 7.19. The summed E-state index contributed by atoms with van der Waals surface area (Å²) in [6.45, 7) is 2.95. The fraction of sp³-hybridized carbons (Fsp3) is 0.579. The number of hydrogen-bond donors (Lipinski definition) is 1. The molecule has 1 unspecified atom stereocenters. The largest absolute Gasteiger partial charge is 0.369 e. The van der Waals surface area contributed by atoms with Gasteiger partial charge in [0.25, 0.3) is 5.91 Å². The quantitative estimate of drug-likeness (QED) is 0.895. The van der Waals surface area contributed by atoms with Crippen LogP contribution in [-0.4, -0.2) is 42.5 Å². The molecule has 1 aromatic carbocycles. The molecule has 0 bridgehead atoms. The van der Waals surface area contributed by atoms with Crippen LogP contribution in [0.25, 0.3) is 0 Å². The standard InChI is InChI=1S/C19H26N2O3/c1-18(24-2,14-8-9-14)17(23)21-12-10-19(11-13-21,16(20)22)15-6-4-3-5-7-15/h3-7,14H,8-13H2,1-2H3,(H2,20,22). The van der Waals surface area contributed by atoms with E-state index >= 15 is 0 Å². The number of nitrogens with two attached hydrogens (primary N) is 1. The molecule has 1 atom stereocenters. The number of piperidine rings is 1. The first kappa shape index (κ1) is 17.0. The first-order valence-corrected chi connectivity index (χ1v) is 8.64. The van der Waals surface area contributed by atoms with Crippen LogP contribution < -0.4 is 5.73 Å². The maximum absolute atomic E-state index is 12.9. The Bertz CT molecular complexity index is 619. The number of amides is 2. The lowest BCUT2D eigenvalue weighted by Gasteiger charge is -2.42. The molecule has 2 amide bonds. The summed E-state index contributed by atoms with van der Waals surface area (Å²) in [5.74, 6) is 0.0445. The van der Waals surface area contributed by atoms with Crippen LogP contribution in [0.4, 0.5) is 0 Å². The normalized spacial score (nSPS) is 22.7. The fourth-order valence-corrected chi connectivity index (χ4v) is 3.90. The van der Waals surface area contributed by atoms with E-state index in [1.165, 1.54) is 0 Å². The van der Waals surface area contributed by atoms with Gasteiger partial charge in [0.15, 0.2) is 0 Å². The van der Waals surface area contributed by atoms with Gasteiger partial charge < -0.3 is 15.4 Å². The minimum absolute atomic E-state index is 0.0404. The number of hydrogen-bond acceptors (Lipinski definition) is 3. The van der Waals surface area contributed by atoms with Crippen molar-refractivity contribution < 1.29 is 14.3 Å². The first-order valence-electron chi connectivity index (χ1n) is 8.64. The lowest BCUT2D eigenvalue weighted by Crippen LogP contribution is -2.56. The summed E-state index contributed by atoms with van der Waals surface area (Å²) in [5, 5.41) is 0. The van der Waals surface area contributed by atoms with E-state index in [-0.39, 0.29) is 11.8 Å². The molecule has 0 aromatic heterocycles. The van der Waals surface area contributed by atoms with E-state index in [4.69, 9.17) is 10.5 Å². The van der Waals surface area contributed by atoms with E-state index in [9.17, 15) is 9.59 Å². The first-order chi connectivity index (χ1) is 11.4. The third-order valence-electron chi connectivity index (χ3n) is 5.91. The number of methoxy groups -OCH3 is 1. The zero-order valence-electron chi connectivity index (χ0n) is 14.5. The Morgan fingerprint density at radius 3 is 2.25 bits per heavy atom. The van der Waals surface area contributed by atoms with Gasteiger partial charge in [0.2, 0.25) is 5.91 Å². The number of primary amides is 1. The summed E-state index contributed by atoms with van der Waals surface area (Å²) in [7, 11) is 1.61. The second-order valence-electron chi connectivity index (χ2n) is 7.19. The average molecular weight is 330 g/mol. The zero-order valence-corrected chi connectivity index (χ0v) is 14.5. The SMILES string of the molecule is COC(C)(C(=O)N1CCC(C(N)=O)(c2ccccc2)CC1)C1CC1. The molecule has 1 saturated carbocycles. The second kappa shape index (κ2) is 6.20. The van der Waals surface area contributed by atoms with E-state index < -0.39 is 11.0 Å². The molecule has 1 aromatic rings. The number of nitrogens with zero attached hydrogens (tertiary/aromatic N) is 1. The highest BCUT2D eigenvalue weighted by molar-refractivity contribution is 5.89. The molecule has 2 N–H and O–H groups in total. The van der Waals surface area contributed by atoms with Crippen LogP contribution in [0.15, 0.2) is 30.3 Å². The van der Waals surface area contributed by atoms with Gasteiger partial charge in [0, 0.05) is 20.2 Å². The van der Waals surface area contributed by atoms with Gasteiger partial charge in [-0.1, -0.05) is 30.3 Å². The lowest BCUT2D eigenvalue weighted by molar-refractivity contribution is -0.158. The van der Waals surface area contributed by atoms with Gasteiger partial charge >= 0.3 is 0 Å². The number of ether oxygens (including phenoxy) is 1. The highest BCUT2D eigenvalue weighted by Crippen LogP contribution is 2.43. The van der Waals surface area contributed by atoms with Gasteiger partial charge in [0.05, 0.1) is 5.41 Å². The van der Waals surface area contributed by atoms with Crippen LogP contribution in [-0.2, 0) is 19.7 Å². The predicted molar refractivity (Wildman–Crippen MR) is 91.3 cm³/mol. The summed E-state index contributed by atoms with van der Waals surface area (Å²) in [6, 6.07) is 9.67. The van der Waals surface area contributed by atoms with Crippen molar-refractivity contribution in [1.29, 1.82) is 0 Å². The van der Waals surface area contributed by atoms with Gasteiger partial charge in [-0.3, -0.25) is 9.59 Å². The molecule has 0 spiro atoms. The molecule has 24 heavy (non-hydrogen) atoms. The van der Waals surface area contributed by atoms with Gasteiger partial charge in [-0.25, -0.2) is 0 Å². The van der Waals surface area contributed by atoms with Gasteiger partial charge in [-0.05, 0) is 44.1 Å². The molecule has 5 nitrogen and oxygen atoms in total. The van der Waals surface area contributed by atoms with Crippen LogP contribution in [0.1, 0.15) is 38.2 Å². The highest BCUT2D eigenvalue weighted by atomic mass is 16.5. The van der Waals surface area contributed by atoms with Crippen molar-refractivity contribution in [2.75, 3.05) is 20.2 Å². The van der Waals surface area contributed by atoms with Gasteiger partial charge in [-0.2, -0.15) is 0 Å². The molecular weight excluding hydrogens is 304 g/mol. The third-order valence-corrected chi connectivity index (χ3v) is 5.91. The molecule has 2 aliphatic rings. The third kappa shape index (κ3) is 2.71. The van der Waals surface area contributed by atoms with Crippen molar-refractivity contribution in [1.82, 2.24) is 4.90 Å². The van der Waals surface area contributed by atoms with E-state index in [2.05, 4.69) is 0 Å². The lowest BCUT2D eigenvalue weighted by atomic mass is 9.72. The molecule has 1 aliphatic carbocycles. The molecule has 1 aliphatic heterocycles. The maximum atomic E-state index is 12.9. The smallest absolute Gasteiger partial charge is 0.254 e. The maximum Gasteiger partial charge on any atom is 0.254 e. The summed E-state index contributed by atoms with van der Waals surface area (Å²) >= 11 is 0. The summed E-state index contributed by atoms with van der Waals surface area (Å²) in [5.41, 5.74) is 5.29. The molecule has 2 fully saturated rings. The van der Waals surface area contributed by atoms with E-state index in [1.807, 2.05) is 42.2 Å². The predicted octanol–water partition coefficient (Wildman–Crippen LogP) is 1.85. The Kier molecular flexibility index (Phi) is 4.38. The topological polar surface area (TPSA) is 72.6 Å². The van der Waals surface area contributed by atoms with Crippen LogP contribution in [0.2, 0.25) is 0 Å². The summed E-state index contributed by atoms with van der Waals surface area (Å²) < 4.78 is 5.58. The molecule has 0 radical (unpaired) electrons. The van der Waals surface area contributed by atoms with Crippen molar-refractivity contribution in [2.24, 2.45) is 11.7 Å². The van der Waals surface area contributed by atoms with Crippen molar-refractivity contribution in [3.8, 4) is 0 Å². The van der Waals surface area contributed by atoms with Gasteiger partial charge in [0.1, 0.15) is 5.60 Å². The van der Waals surface area contributed by atoms with E-state index in [1.54, 1.807) is 7.11 Å². The summed E-state index contributed by atoms with van der Waals surface area (Å²) in [6.07, 6.45) is 3.20. The van der Waals surface area contributed by atoms with Gasteiger partial charge in [-0.15, -0.1) is 0 Å². The van der Waals surface area contributed by atoms with Crippen LogP contribution >= 0.6 is 0 Å². The van der Waals surface area contributed by atoms with Crippen molar-refractivity contribution in [3.63, 3.8) is 0 Å². The number of carbonyl (C=O) groups excluding carboxylic acids is 2. The van der Waals surface area contributed by atoms with Crippen molar-refractivity contribution in [2.45, 2.75) is 43.6 Å². The zero-order chi connectivity index (χ0) is 17.4. The molecular formula is C19H26N2O3. The Labute approximate surface area is 143 Å². The van der Waals surface area contributed by atoms with E-state index in [0.29, 0.717) is 31.8 Å². The number of rotatable bonds is 5. The number of likely N-dealkylation sites (tertiary alicyclic amines) is 1. The average Bonchev–Trinajstić information content (AvgIpc) is 3.46. The highest BCUT2D eigenvalue weighted by Gasteiger charge is 2.51. The molecule has 1 saturated heterocycles. The molecule has 3 rings (SSSR count). The monoisotopic (exact) mass is 330 g/mol. The fourth-order valence-electron chi connectivity index (χ4n) is 3.90. The molecule has 1 heterocycles. The van der Waals surface area contributed by atoms with Crippen molar-refractivity contribution in [3.05, 3.63) is 35.9 Å². The minimum Gasteiger partial charge on any atom is -0.369 e. The molecule has 130 valence electrons. The van der Waals surface area contributed by atoms with Crippen molar-refractivity contribution >= 4 is 11.8 Å². The summed E-state index contributed by atoms with van der Waals surface area (Å²) in [4.78, 5) is 27.0.